The van der Waals surface area contributed by atoms with E-state index >= 15 is 0 Å². The van der Waals surface area contributed by atoms with Crippen molar-refractivity contribution in [2.24, 2.45) is 0 Å². The third kappa shape index (κ3) is 7.02. The molecule has 1 aromatic carbocycles. The van der Waals surface area contributed by atoms with Gasteiger partial charge in [-0.1, -0.05) is 30.3 Å². The molecule has 0 aliphatic rings. The lowest BCUT2D eigenvalue weighted by molar-refractivity contribution is -0.935. The summed E-state index contributed by atoms with van der Waals surface area (Å²) in [6.07, 6.45) is 0. The molecule has 0 bridgehead atoms. The maximum absolute atomic E-state index is 12.3. The monoisotopic (exact) mass is 380 g/mol. The minimum atomic E-state index is -0.478. The van der Waals surface area contributed by atoms with Crippen LogP contribution in [0.25, 0.3) is 0 Å². The standard InChI is InChI=1S/C20H30NO6/c1-5-25-18(22)13-21(14-19(23)26-6-2,15-20(24)27-7-3)16(4)17-11-9-8-10-12-17/h8-12,16H,5-7,13-15H2,1-4H3/q+1/t16-/m1/s1. The Balaban J connectivity index is 3.32. The third-order valence-electron chi connectivity index (χ3n) is 4.35. The summed E-state index contributed by atoms with van der Waals surface area (Å²) in [7, 11) is 0. The molecule has 150 valence electrons. The molecule has 0 heterocycles. The van der Waals surface area contributed by atoms with Crippen LogP contribution in [0.1, 0.15) is 39.3 Å². The van der Waals surface area contributed by atoms with Gasteiger partial charge >= 0.3 is 17.9 Å². The predicted octanol–water partition coefficient (Wildman–Crippen LogP) is 2.25. The quantitative estimate of drug-likeness (QED) is 0.333. The molecular formula is C20H30NO6+. The van der Waals surface area contributed by atoms with E-state index in [1.54, 1.807) is 20.8 Å². The van der Waals surface area contributed by atoms with Gasteiger partial charge in [0.05, 0.1) is 19.8 Å². The number of esters is 3. The highest BCUT2D eigenvalue weighted by molar-refractivity contribution is 5.75. The molecular weight excluding hydrogens is 350 g/mol. The summed E-state index contributed by atoms with van der Waals surface area (Å²) in [6, 6.07) is 9.11. The van der Waals surface area contributed by atoms with Crippen molar-refractivity contribution in [3.05, 3.63) is 35.9 Å². The number of hydrogen-bond acceptors (Lipinski definition) is 6. The molecule has 7 heteroatoms. The average molecular weight is 380 g/mol. The number of carbonyl (C=O) groups excluding carboxylic acids is 3. The van der Waals surface area contributed by atoms with Crippen LogP contribution in [0, 0.1) is 0 Å². The molecule has 0 N–H and O–H groups in total. The van der Waals surface area contributed by atoms with E-state index in [1.807, 2.05) is 37.3 Å². The summed E-state index contributed by atoms with van der Waals surface area (Å²) in [5.74, 6) is -1.43. The molecule has 0 saturated carbocycles. The lowest BCUT2D eigenvalue weighted by Gasteiger charge is -2.41. The van der Waals surface area contributed by atoms with E-state index in [9.17, 15) is 14.4 Å². The maximum Gasteiger partial charge on any atom is 0.361 e. The first kappa shape index (κ1) is 22.6. The minimum Gasteiger partial charge on any atom is -0.462 e. The van der Waals surface area contributed by atoms with Crippen molar-refractivity contribution in [3.8, 4) is 0 Å². The highest BCUT2D eigenvalue weighted by Gasteiger charge is 2.42. The van der Waals surface area contributed by atoms with E-state index in [-0.39, 0.29) is 50.0 Å². The molecule has 1 atom stereocenters. The first-order valence-electron chi connectivity index (χ1n) is 9.26. The van der Waals surface area contributed by atoms with Crippen LogP contribution in [-0.4, -0.2) is 61.8 Å². The minimum absolute atomic E-state index is 0.137. The molecule has 0 aliphatic heterocycles. The van der Waals surface area contributed by atoms with Crippen molar-refractivity contribution in [3.63, 3.8) is 0 Å². The summed E-state index contributed by atoms with van der Waals surface area (Å²) in [5, 5.41) is 0. The van der Waals surface area contributed by atoms with Crippen LogP contribution in [0.5, 0.6) is 0 Å². The van der Waals surface area contributed by atoms with Crippen molar-refractivity contribution in [1.29, 1.82) is 0 Å². The summed E-state index contributed by atoms with van der Waals surface area (Å²) >= 11 is 0. The highest BCUT2D eigenvalue weighted by atomic mass is 16.5. The molecule has 7 nitrogen and oxygen atoms in total. The van der Waals surface area contributed by atoms with Crippen LogP contribution in [0.15, 0.2) is 30.3 Å². The van der Waals surface area contributed by atoms with Gasteiger partial charge < -0.3 is 14.2 Å². The number of benzene rings is 1. The fourth-order valence-corrected chi connectivity index (χ4v) is 3.02. The summed E-state index contributed by atoms with van der Waals surface area (Å²) in [6.45, 7) is 7.27. The first-order chi connectivity index (χ1) is 12.9. The lowest BCUT2D eigenvalue weighted by Crippen LogP contribution is -2.58. The van der Waals surface area contributed by atoms with Crippen LogP contribution in [0.4, 0.5) is 0 Å². The van der Waals surface area contributed by atoms with Gasteiger partial charge in [-0.2, -0.15) is 0 Å². The van der Waals surface area contributed by atoms with Gasteiger partial charge in [0, 0.05) is 5.56 Å². The summed E-state index contributed by atoms with van der Waals surface area (Å²) < 4.78 is 15.2. The lowest BCUT2D eigenvalue weighted by atomic mass is 10.0. The number of carbonyl (C=O) groups is 3. The number of ether oxygens (including phenoxy) is 3. The Kier molecular flexibility index (Phi) is 9.50. The molecule has 0 unspecified atom stereocenters. The van der Waals surface area contributed by atoms with Crippen LogP contribution in [0.2, 0.25) is 0 Å². The molecule has 0 fully saturated rings. The zero-order chi connectivity index (χ0) is 20.3. The molecule has 0 amide bonds. The summed E-state index contributed by atoms with van der Waals surface area (Å²) in [4.78, 5) is 37.0. The van der Waals surface area contributed by atoms with Gasteiger partial charge in [-0.15, -0.1) is 0 Å². The second-order valence-electron chi connectivity index (χ2n) is 6.19. The van der Waals surface area contributed by atoms with Crippen molar-refractivity contribution >= 4 is 17.9 Å². The van der Waals surface area contributed by atoms with E-state index in [4.69, 9.17) is 14.2 Å². The van der Waals surface area contributed by atoms with E-state index in [2.05, 4.69) is 0 Å². The van der Waals surface area contributed by atoms with E-state index in [1.165, 1.54) is 0 Å². The van der Waals surface area contributed by atoms with Gasteiger partial charge in [-0.05, 0) is 27.7 Å². The van der Waals surface area contributed by atoms with Crippen molar-refractivity contribution < 1.29 is 33.1 Å². The number of nitrogens with zero attached hydrogens (tertiary/aromatic N) is 1. The second kappa shape index (κ2) is 11.3. The third-order valence-corrected chi connectivity index (χ3v) is 4.35. The van der Waals surface area contributed by atoms with E-state index in [0.29, 0.717) is 0 Å². The molecule has 27 heavy (non-hydrogen) atoms. The SMILES string of the molecule is CCOC(=O)C[N+](CC(=O)OCC)(CC(=O)OCC)[C@H](C)c1ccccc1. The molecule has 0 radical (unpaired) electrons. The van der Waals surface area contributed by atoms with Crippen molar-refractivity contribution in [2.75, 3.05) is 39.5 Å². The zero-order valence-corrected chi connectivity index (χ0v) is 16.6. The van der Waals surface area contributed by atoms with Gasteiger partial charge in [0.25, 0.3) is 0 Å². The second-order valence-corrected chi connectivity index (χ2v) is 6.19. The van der Waals surface area contributed by atoms with Gasteiger partial charge in [-0.3, -0.25) is 4.48 Å². The Labute approximate surface area is 160 Å². The zero-order valence-electron chi connectivity index (χ0n) is 16.6. The van der Waals surface area contributed by atoms with Gasteiger partial charge in [0.2, 0.25) is 0 Å². The van der Waals surface area contributed by atoms with Crippen molar-refractivity contribution in [2.45, 2.75) is 33.7 Å². The Hall–Kier alpha value is -2.41. The molecule has 1 aromatic rings. The van der Waals surface area contributed by atoms with Gasteiger partial charge in [0.15, 0.2) is 19.6 Å². The van der Waals surface area contributed by atoms with E-state index in [0.717, 1.165) is 5.56 Å². The van der Waals surface area contributed by atoms with Gasteiger partial charge in [0.1, 0.15) is 6.04 Å². The highest BCUT2D eigenvalue weighted by Crippen LogP contribution is 2.29. The number of hydrogen-bond donors (Lipinski definition) is 0. The molecule has 0 aromatic heterocycles. The van der Waals surface area contributed by atoms with Gasteiger partial charge in [-0.25, -0.2) is 14.4 Å². The Bertz CT molecular complexity index is 566. The van der Waals surface area contributed by atoms with Crippen LogP contribution >= 0.6 is 0 Å². The predicted molar refractivity (Wildman–Crippen MR) is 99.6 cm³/mol. The first-order valence-corrected chi connectivity index (χ1v) is 9.26. The average Bonchev–Trinajstić information content (AvgIpc) is 2.62. The van der Waals surface area contributed by atoms with E-state index < -0.39 is 17.9 Å². The Morgan fingerprint density at radius 3 is 1.48 bits per heavy atom. The number of rotatable bonds is 11. The fourth-order valence-electron chi connectivity index (χ4n) is 3.02. The van der Waals surface area contributed by atoms with Crippen LogP contribution in [-0.2, 0) is 28.6 Å². The van der Waals surface area contributed by atoms with Crippen LogP contribution in [0.3, 0.4) is 0 Å². The largest absolute Gasteiger partial charge is 0.462 e. The summed E-state index contributed by atoms with van der Waals surface area (Å²) in [5.41, 5.74) is 0.899. The normalized spacial score (nSPS) is 12.1. The molecule has 1 rings (SSSR count). The molecule has 0 saturated heterocycles. The molecule has 0 spiro atoms. The smallest absolute Gasteiger partial charge is 0.361 e. The molecule has 0 aliphatic carbocycles. The Morgan fingerprint density at radius 2 is 1.15 bits per heavy atom. The number of quaternary nitrogens is 1. The topological polar surface area (TPSA) is 78.9 Å². The van der Waals surface area contributed by atoms with Crippen LogP contribution < -0.4 is 0 Å². The Morgan fingerprint density at radius 1 is 0.778 bits per heavy atom. The fraction of sp³-hybridized carbons (Fsp3) is 0.550. The maximum atomic E-state index is 12.3. The van der Waals surface area contributed by atoms with Crippen molar-refractivity contribution in [1.82, 2.24) is 0 Å².